The van der Waals surface area contributed by atoms with Crippen LogP contribution in [0.15, 0.2) is 30.3 Å². The van der Waals surface area contributed by atoms with Crippen molar-refractivity contribution in [3.05, 3.63) is 52.0 Å². The largest absolute Gasteiger partial charge is 0.495 e. The molecule has 0 aliphatic heterocycles. The number of anilines is 1. The van der Waals surface area contributed by atoms with Gasteiger partial charge in [-0.2, -0.15) is 0 Å². The maximum Gasteiger partial charge on any atom is 0.196 e. The Hall–Kier alpha value is -2.20. The van der Waals surface area contributed by atoms with Crippen LogP contribution in [-0.2, 0) is 0 Å². The van der Waals surface area contributed by atoms with Crippen LogP contribution in [0, 0.1) is 6.92 Å². The quantitative estimate of drug-likeness (QED) is 0.694. The van der Waals surface area contributed by atoms with Crippen LogP contribution >= 0.6 is 11.6 Å². The molecule has 2 aromatic carbocycles. The lowest BCUT2D eigenvalue weighted by Gasteiger charge is -2.13. The molecule has 0 amide bonds. The van der Waals surface area contributed by atoms with Crippen LogP contribution < -0.4 is 15.2 Å². The molecular weight excluding hydrogens is 290 g/mol. The molecule has 0 aromatic heterocycles. The van der Waals surface area contributed by atoms with E-state index in [-0.39, 0.29) is 10.8 Å². The topological polar surface area (TPSA) is 61.5 Å². The van der Waals surface area contributed by atoms with Gasteiger partial charge in [-0.25, -0.2) is 0 Å². The Balaban J connectivity index is 2.52. The van der Waals surface area contributed by atoms with E-state index in [1.54, 1.807) is 30.3 Å². The number of methoxy groups -OCH3 is 2. The molecule has 0 fully saturated rings. The highest BCUT2D eigenvalue weighted by atomic mass is 35.5. The summed E-state index contributed by atoms with van der Waals surface area (Å²) in [4.78, 5) is 12.6. The zero-order valence-corrected chi connectivity index (χ0v) is 12.8. The third-order valence-corrected chi connectivity index (χ3v) is 3.63. The average molecular weight is 306 g/mol. The van der Waals surface area contributed by atoms with E-state index in [0.717, 1.165) is 5.56 Å². The summed E-state index contributed by atoms with van der Waals surface area (Å²) in [7, 11) is 2.96. The lowest BCUT2D eigenvalue weighted by Crippen LogP contribution is -2.06. The molecule has 0 saturated heterocycles. The van der Waals surface area contributed by atoms with Crippen molar-refractivity contribution in [3.8, 4) is 11.5 Å². The summed E-state index contributed by atoms with van der Waals surface area (Å²) in [6.45, 7) is 1.88. The molecule has 0 bridgehead atoms. The Morgan fingerprint density at radius 2 is 1.86 bits per heavy atom. The van der Waals surface area contributed by atoms with Crippen LogP contribution in [0.4, 0.5) is 5.69 Å². The van der Waals surface area contributed by atoms with Crippen molar-refractivity contribution in [2.45, 2.75) is 6.92 Å². The fraction of sp³-hybridized carbons (Fsp3) is 0.188. The second kappa shape index (κ2) is 6.06. The number of aryl methyl sites for hydroxylation is 1. The van der Waals surface area contributed by atoms with Crippen molar-refractivity contribution in [2.24, 2.45) is 0 Å². The lowest BCUT2D eigenvalue weighted by atomic mass is 10.00. The number of carbonyl (C=O) groups excluding carboxylic acids is 1. The molecule has 0 spiro atoms. The number of nitrogen functional groups attached to an aromatic ring is 1. The van der Waals surface area contributed by atoms with E-state index in [2.05, 4.69) is 0 Å². The SMILES string of the molecule is COc1ccc(C(=O)c2ccc(C)c(N)c2)c(OC)c1Cl. The van der Waals surface area contributed by atoms with Crippen LogP contribution in [0.5, 0.6) is 11.5 Å². The summed E-state index contributed by atoms with van der Waals surface area (Å²) in [6, 6.07) is 8.44. The van der Waals surface area contributed by atoms with Crippen molar-refractivity contribution >= 4 is 23.1 Å². The minimum atomic E-state index is -0.205. The minimum Gasteiger partial charge on any atom is -0.495 e. The molecule has 2 aromatic rings. The monoisotopic (exact) mass is 305 g/mol. The Labute approximate surface area is 128 Å². The van der Waals surface area contributed by atoms with Gasteiger partial charge in [0.2, 0.25) is 0 Å². The molecule has 2 rings (SSSR count). The summed E-state index contributed by atoms with van der Waals surface area (Å²) in [5, 5.41) is 0.269. The van der Waals surface area contributed by atoms with Crippen molar-refractivity contribution < 1.29 is 14.3 Å². The first kappa shape index (κ1) is 15.2. The minimum absolute atomic E-state index is 0.205. The molecule has 0 heterocycles. The van der Waals surface area contributed by atoms with Gasteiger partial charge in [0.25, 0.3) is 0 Å². The second-order valence-electron chi connectivity index (χ2n) is 4.56. The van der Waals surface area contributed by atoms with E-state index < -0.39 is 0 Å². The van der Waals surface area contributed by atoms with Gasteiger partial charge in [0.05, 0.1) is 19.8 Å². The summed E-state index contributed by atoms with van der Waals surface area (Å²) in [5.41, 5.74) is 8.20. The molecule has 0 radical (unpaired) electrons. The Bertz CT molecular complexity index is 698. The first-order valence-electron chi connectivity index (χ1n) is 6.31. The number of ether oxygens (including phenoxy) is 2. The van der Waals surface area contributed by atoms with Gasteiger partial charge in [0, 0.05) is 11.3 Å². The molecule has 21 heavy (non-hydrogen) atoms. The van der Waals surface area contributed by atoms with Gasteiger partial charge >= 0.3 is 0 Å². The van der Waals surface area contributed by atoms with E-state index in [9.17, 15) is 4.79 Å². The van der Waals surface area contributed by atoms with Crippen LogP contribution in [0.3, 0.4) is 0 Å². The number of carbonyl (C=O) groups is 1. The second-order valence-corrected chi connectivity index (χ2v) is 4.94. The maximum atomic E-state index is 12.6. The smallest absolute Gasteiger partial charge is 0.196 e. The van der Waals surface area contributed by atoms with Gasteiger partial charge in [-0.15, -0.1) is 0 Å². The van der Waals surface area contributed by atoms with Crippen LogP contribution in [0.25, 0.3) is 0 Å². The summed E-state index contributed by atoms with van der Waals surface area (Å²) >= 11 is 6.18. The van der Waals surface area contributed by atoms with Gasteiger partial charge in [0.1, 0.15) is 10.8 Å². The van der Waals surface area contributed by atoms with E-state index >= 15 is 0 Å². The Morgan fingerprint density at radius 3 is 2.43 bits per heavy atom. The zero-order valence-electron chi connectivity index (χ0n) is 12.1. The zero-order chi connectivity index (χ0) is 15.6. The number of hydrogen-bond acceptors (Lipinski definition) is 4. The van der Waals surface area contributed by atoms with Crippen molar-refractivity contribution in [1.29, 1.82) is 0 Å². The predicted molar refractivity (Wildman–Crippen MR) is 83.6 cm³/mol. The highest BCUT2D eigenvalue weighted by molar-refractivity contribution is 6.34. The number of ketones is 1. The van der Waals surface area contributed by atoms with E-state index in [4.69, 9.17) is 26.8 Å². The standard InChI is InChI=1S/C16H16ClNO3/c1-9-4-5-10(8-12(9)18)15(19)11-6-7-13(20-2)14(17)16(11)21-3/h4-8H,18H2,1-3H3. The molecule has 0 atom stereocenters. The van der Waals surface area contributed by atoms with Crippen molar-refractivity contribution in [1.82, 2.24) is 0 Å². The number of benzene rings is 2. The van der Waals surface area contributed by atoms with E-state index in [1.807, 2.05) is 6.92 Å². The van der Waals surface area contributed by atoms with Gasteiger partial charge < -0.3 is 15.2 Å². The fourth-order valence-corrected chi connectivity index (χ4v) is 2.33. The number of halogens is 1. The van der Waals surface area contributed by atoms with Crippen LogP contribution in [0.2, 0.25) is 5.02 Å². The van der Waals surface area contributed by atoms with Gasteiger partial charge in [-0.1, -0.05) is 23.7 Å². The van der Waals surface area contributed by atoms with E-state index in [1.165, 1.54) is 14.2 Å². The number of nitrogens with two attached hydrogens (primary N) is 1. The summed E-state index contributed by atoms with van der Waals surface area (Å²) < 4.78 is 10.4. The Morgan fingerprint density at radius 1 is 1.14 bits per heavy atom. The molecule has 0 unspecified atom stereocenters. The first-order valence-corrected chi connectivity index (χ1v) is 6.68. The van der Waals surface area contributed by atoms with Crippen molar-refractivity contribution in [2.75, 3.05) is 20.0 Å². The molecule has 110 valence electrons. The molecular formula is C16H16ClNO3. The van der Waals surface area contributed by atoms with Crippen LogP contribution in [0.1, 0.15) is 21.5 Å². The Kier molecular flexibility index (Phi) is 4.38. The first-order chi connectivity index (χ1) is 9.99. The highest BCUT2D eigenvalue weighted by Gasteiger charge is 2.20. The van der Waals surface area contributed by atoms with Gasteiger partial charge in [0.15, 0.2) is 11.5 Å². The third-order valence-electron chi connectivity index (χ3n) is 3.27. The number of hydrogen-bond donors (Lipinski definition) is 1. The molecule has 0 saturated carbocycles. The predicted octanol–water partition coefficient (Wildman–Crippen LogP) is 3.48. The van der Waals surface area contributed by atoms with Crippen molar-refractivity contribution in [3.63, 3.8) is 0 Å². The molecule has 4 nitrogen and oxygen atoms in total. The molecule has 0 aliphatic rings. The van der Waals surface area contributed by atoms with Gasteiger partial charge in [-0.3, -0.25) is 4.79 Å². The molecule has 5 heteroatoms. The normalized spacial score (nSPS) is 10.3. The molecule has 2 N–H and O–H groups in total. The van der Waals surface area contributed by atoms with Gasteiger partial charge in [-0.05, 0) is 30.7 Å². The lowest BCUT2D eigenvalue weighted by molar-refractivity contribution is 0.103. The highest BCUT2D eigenvalue weighted by Crippen LogP contribution is 2.37. The van der Waals surface area contributed by atoms with Crippen LogP contribution in [-0.4, -0.2) is 20.0 Å². The summed E-state index contributed by atoms with van der Waals surface area (Å²) in [5.74, 6) is 0.539. The maximum absolute atomic E-state index is 12.6. The number of rotatable bonds is 4. The van der Waals surface area contributed by atoms with E-state index in [0.29, 0.717) is 28.3 Å². The fourth-order valence-electron chi connectivity index (χ4n) is 2.01. The third kappa shape index (κ3) is 2.81. The average Bonchev–Trinajstić information content (AvgIpc) is 2.49. The summed E-state index contributed by atoms with van der Waals surface area (Å²) in [6.07, 6.45) is 0. The molecule has 0 aliphatic carbocycles.